The standard InChI is InChI=1S/C26H44O4/c1-5-17-21-14-16(27)10-12-26(21,4)20-11-13-25(3)18(15(2)6-9-22(28)29)7-8-19(25)23(20)24(17)30/h15-21,23-24,27,30H,5-14H2,1-4H3,(H,28,29)/t15-,16-,17-,18-,19+,20+,21+,23+,24-,25-,26-/m1/s1/i1D3,5D/t5?,15-,16-,17-,18-,19+,20+,21+,23+,24-,25-,26-. The van der Waals surface area contributed by atoms with E-state index in [0.717, 1.165) is 32.1 Å². The molecule has 4 rings (SSSR count). The molecule has 30 heavy (non-hydrogen) atoms. The molecule has 4 saturated carbocycles. The highest BCUT2D eigenvalue weighted by molar-refractivity contribution is 5.66. The second-order valence-corrected chi connectivity index (χ2v) is 11.7. The molecule has 172 valence electrons. The van der Waals surface area contributed by atoms with Crippen LogP contribution in [0.2, 0.25) is 0 Å². The van der Waals surface area contributed by atoms with Gasteiger partial charge in [-0.25, -0.2) is 0 Å². The summed E-state index contributed by atoms with van der Waals surface area (Å²) < 4.78 is 32.7. The van der Waals surface area contributed by atoms with E-state index in [1.54, 1.807) is 0 Å². The van der Waals surface area contributed by atoms with Gasteiger partial charge in [0.1, 0.15) is 0 Å². The summed E-state index contributed by atoms with van der Waals surface area (Å²) in [6, 6.07) is 0. The van der Waals surface area contributed by atoms with Crippen LogP contribution in [0.15, 0.2) is 0 Å². The van der Waals surface area contributed by atoms with E-state index < -0.39 is 37.3 Å². The van der Waals surface area contributed by atoms with Gasteiger partial charge < -0.3 is 15.3 Å². The van der Waals surface area contributed by atoms with Crippen LogP contribution in [0, 0.1) is 52.3 Å². The highest BCUT2D eigenvalue weighted by Gasteiger charge is 2.64. The van der Waals surface area contributed by atoms with E-state index in [1.807, 2.05) is 0 Å². The molecule has 4 aliphatic rings. The van der Waals surface area contributed by atoms with Gasteiger partial charge in [0, 0.05) is 11.9 Å². The Bertz CT molecular complexity index is 774. The summed E-state index contributed by atoms with van der Waals surface area (Å²) in [6.45, 7) is 4.27. The van der Waals surface area contributed by atoms with Crippen LogP contribution in [-0.2, 0) is 4.79 Å². The van der Waals surface area contributed by atoms with Gasteiger partial charge in [-0.2, -0.15) is 0 Å². The van der Waals surface area contributed by atoms with Crippen molar-refractivity contribution in [3.05, 3.63) is 0 Å². The van der Waals surface area contributed by atoms with E-state index >= 15 is 0 Å². The van der Waals surface area contributed by atoms with Crippen molar-refractivity contribution in [1.82, 2.24) is 0 Å². The van der Waals surface area contributed by atoms with Crippen LogP contribution in [0.25, 0.3) is 0 Å². The number of carboxylic acid groups (broad SMARTS) is 1. The van der Waals surface area contributed by atoms with Crippen molar-refractivity contribution >= 4 is 5.97 Å². The monoisotopic (exact) mass is 424 g/mol. The fourth-order valence-electron chi connectivity index (χ4n) is 9.08. The Morgan fingerprint density at radius 2 is 1.80 bits per heavy atom. The van der Waals surface area contributed by atoms with Crippen molar-refractivity contribution < 1.29 is 25.6 Å². The molecule has 4 heteroatoms. The summed E-state index contributed by atoms with van der Waals surface area (Å²) in [5, 5.41) is 31.5. The fourth-order valence-corrected chi connectivity index (χ4v) is 9.08. The number of aliphatic carboxylic acids is 1. The molecule has 0 aromatic carbocycles. The average Bonchev–Trinajstić information content (AvgIpc) is 3.09. The highest BCUT2D eigenvalue weighted by Crippen LogP contribution is 2.69. The second kappa shape index (κ2) is 8.06. The Morgan fingerprint density at radius 3 is 2.50 bits per heavy atom. The van der Waals surface area contributed by atoms with E-state index in [2.05, 4.69) is 20.8 Å². The van der Waals surface area contributed by atoms with Crippen molar-refractivity contribution in [2.45, 2.75) is 104 Å². The quantitative estimate of drug-likeness (QED) is 0.573. The fraction of sp³-hybridized carbons (Fsp3) is 0.962. The first-order valence-electron chi connectivity index (χ1n) is 14.3. The lowest BCUT2D eigenvalue weighted by molar-refractivity contribution is -0.203. The first-order chi connectivity index (χ1) is 15.7. The normalized spacial score (nSPS) is 55.0. The summed E-state index contributed by atoms with van der Waals surface area (Å²) in [7, 11) is 0. The zero-order valence-corrected chi connectivity index (χ0v) is 18.9. The summed E-state index contributed by atoms with van der Waals surface area (Å²) in [5.41, 5.74) is -0.174. The molecule has 4 nitrogen and oxygen atoms in total. The van der Waals surface area contributed by atoms with Crippen molar-refractivity contribution in [1.29, 1.82) is 0 Å². The van der Waals surface area contributed by atoms with Crippen molar-refractivity contribution in [2.24, 2.45) is 52.3 Å². The minimum atomic E-state index is -2.47. The van der Waals surface area contributed by atoms with Crippen molar-refractivity contribution in [2.75, 3.05) is 0 Å². The first-order valence-corrected chi connectivity index (χ1v) is 12.2. The van der Waals surface area contributed by atoms with Gasteiger partial charge in [0.15, 0.2) is 0 Å². The minimum Gasteiger partial charge on any atom is -0.481 e. The Balaban J connectivity index is 1.68. The molecule has 4 fully saturated rings. The molecule has 1 unspecified atom stereocenters. The summed E-state index contributed by atoms with van der Waals surface area (Å²) in [5.74, 6) is -0.403. The van der Waals surface area contributed by atoms with Crippen LogP contribution >= 0.6 is 0 Å². The van der Waals surface area contributed by atoms with Crippen LogP contribution in [0.4, 0.5) is 0 Å². The van der Waals surface area contributed by atoms with Crippen molar-refractivity contribution in [3.8, 4) is 0 Å². The second-order valence-electron chi connectivity index (χ2n) is 11.7. The number of carbonyl (C=O) groups is 1. The molecule has 12 atom stereocenters. The highest BCUT2D eigenvalue weighted by atomic mass is 16.4. The zero-order chi connectivity index (χ0) is 25.2. The van der Waals surface area contributed by atoms with Gasteiger partial charge in [-0.1, -0.05) is 34.0 Å². The Morgan fingerprint density at radius 1 is 1.10 bits per heavy atom. The van der Waals surface area contributed by atoms with Gasteiger partial charge >= 0.3 is 5.97 Å². The summed E-state index contributed by atoms with van der Waals surface area (Å²) >= 11 is 0. The van der Waals surface area contributed by atoms with Gasteiger partial charge in [0.25, 0.3) is 0 Å². The van der Waals surface area contributed by atoms with E-state index in [1.165, 1.54) is 0 Å². The molecular formula is C26H44O4. The number of fused-ring (bicyclic) bond motifs is 5. The molecule has 0 bridgehead atoms. The zero-order valence-electron chi connectivity index (χ0n) is 22.9. The number of hydrogen-bond donors (Lipinski definition) is 3. The molecule has 0 amide bonds. The van der Waals surface area contributed by atoms with E-state index in [4.69, 9.17) is 5.48 Å². The van der Waals surface area contributed by atoms with Gasteiger partial charge in [-0.15, -0.1) is 0 Å². The van der Waals surface area contributed by atoms with E-state index in [0.29, 0.717) is 31.1 Å². The van der Waals surface area contributed by atoms with E-state index in [-0.39, 0.29) is 40.9 Å². The molecule has 0 spiro atoms. The molecular weight excluding hydrogens is 376 g/mol. The van der Waals surface area contributed by atoms with Gasteiger partial charge in [0.05, 0.1) is 12.2 Å². The molecule has 0 radical (unpaired) electrons. The molecule has 0 heterocycles. The van der Waals surface area contributed by atoms with Gasteiger partial charge in [0.2, 0.25) is 0 Å². The number of hydrogen-bond acceptors (Lipinski definition) is 3. The maximum Gasteiger partial charge on any atom is 0.303 e. The maximum absolute atomic E-state index is 11.9. The third-order valence-electron chi connectivity index (χ3n) is 10.6. The first kappa shape index (κ1) is 17.9. The molecule has 0 aromatic heterocycles. The van der Waals surface area contributed by atoms with Crippen LogP contribution in [0.3, 0.4) is 0 Å². The maximum atomic E-state index is 11.9. The van der Waals surface area contributed by atoms with Crippen LogP contribution in [-0.4, -0.2) is 33.5 Å². The predicted octanol–water partition coefficient (Wildman–Crippen LogP) is 5.11. The molecule has 0 aromatic rings. The number of aliphatic hydroxyl groups excluding tert-OH is 2. The van der Waals surface area contributed by atoms with Crippen LogP contribution < -0.4 is 0 Å². The number of carboxylic acids is 1. The Labute approximate surface area is 188 Å². The third-order valence-corrected chi connectivity index (χ3v) is 10.6. The average molecular weight is 425 g/mol. The molecule has 4 aliphatic carbocycles. The molecule has 0 aliphatic heterocycles. The lowest BCUT2D eigenvalue weighted by atomic mass is 9.41. The minimum absolute atomic E-state index is 0.000496. The number of aliphatic hydroxyl groups is 2. The van der Waals surface area contributed by atoms with E-state index in [9.17, 15) is 20.1 Å². The van der Waals surface area contributed by atoms with Crippen molar-refractivity contribution in [3.63, 3.8) is 0 Å². The summed E-state index contributed by atoms with van der Waals surface area (Å²) in [4.78, 5) is 11.2. The lowest BCUT2D eigenvalue weighted by Gasteiger charge is -2.64. The number of rotatable bonds is 5. The van der Waals surface area contributed by atoms with Gasteiger partial charge in [-0.05, 0) is 104 Å². The summed E-state index contributed by atoms with van der Waals surface area (Å²) in [6.07, 6.45) is 4.14. The third kappa shape index (κ3) is 3.36. The lowest BCUT2D eigenvalue weighted by Crippen LogP contribution is -2.62. The Hall–Kier alpha value is -0.610. The molecule has 3 N–H and O–H groups in total. The largest absolute Gasteiger partial charge is 0.481 e. The Kier molecular flexibility index (Phi) is 4.81. The SMILES string of the molecule is [2H]C([C@H]1[C@@H](O)[C@@H]2[C@H](CC[C@]3(C)[C@@H]([C@H](C)CCC(=O)O)CC[C@@H]23)[C@@]2(C)CC[C@@H](O)C[C@@H]12)C([2H])([2H])[2H]. The van der Waals surface area contributed by atoms with Gasteiger partial charge in [-0.3, -0.25) is 4.79 Å². The topological polar surface area (TPSA) is 77.8 Å². The van der Waals surface area contributed by atoms with Crippen LogP contribution in [0.5, 0.6) is 0 Å². The molecule has 0 saturated heterocycles. The van der Waals surface area contributed by atoms with Crippen LogP contribution in [0.1, 0.15) is 97.3 Å². The predicted molar refractivity (Wildman–Crippen MR) is 118 cm³/mol. The smallest absolute Gasteiger partial charge is 0.303 e.